The molecule has 1 aromatic heterocycles. The summed E-state index contributed by atoms with van der Waals surface area (Å²) in [5.41, 5.74) is 13.5. The van der Waals surface area contributed by atoms with Gasteiger partial charge in [0.05, 0.1) is 28.4 Å². The zero-order valence-corrected chi connectivity index (χ0v) is 28.0. The van der Waals surface area contributed by atoms with Gasteiger partial charge in [-0.05, 0) is 52.1 Å². The Morgan fingerprint density at radius 1 is 0.462 bits per heavy atom. The molecule has 7 aromatic carbocycles. The van der Waals surface area contributed by atoms with Crippen molar-refractivity contribution in [1.82, 2.24) is 9.97 Å². The molecular weight excluding hydrogens is 635 g/mol. The van der Waals surface area contributed by atoms with Crippen molar-refractivity contribution in [2.75, 3.05) is 0 Å². The lowest BCUT2D eigenvalue weighted by Gasteiger charge is -2.40. The first-order valence-corrected chi connectivity index (χ1v) is 17.4. The fourth-order valence-corrected chi connectivity index (χ4v) is 8.19. The minimum Gasteiger partial charge on any atom is -0.456 e. The van der Waals surface area contributed by atoms with Crippen molar-refractivity contribution < 1.29 is 4.74 Å². The number of hydrogen-bond acceptors (Lipinski definition) is 4. The van der Waals surface area contributed by atoms with Crippen LogP contribution in [0.1, 0.15) is 27.8 Å². The van der Waals surface area contributed by atoms with Gasteiger partial charge in [0.1, 0.15) is 11.5 Å². The highest BCUT2D eigenvalue weighted by Crippen LogP contribution is 2.64. The lowest BCUT2D eigenvalue weighted by atomic mass is 9.65. The molecule has 0 N–H and O–H groups in total. The average molecular weight is 664 g/mol. The molecule has 4 heteroatoms. The van der Waals surface area contributed by atoms with Gasteiger partial charge in [-0.2, -0.15) is 5.26 Å². The fraction of sp³-hybridized carbons (Fsp3) is 0.0208. The van der Waals surface area contributed by atoms with Gasteiger partial charge in [0.2, 0.25) is 0 Å². The first kappa shape index (κ1) is 29.8. The summed E-state index contributed by atoms with van der Waals surface area (Å²) in [6.07, 6.45) is 0. The second-order valence-electron chi connectivity index (χ2n) is 13.2. The standard InChI is InChI=1S/C48H29N3O/c49-30-31-25-27-32(28-26-31)35-18-11-23-41-46(35)52-44-24-10-9-21-39(44)48(41)38-20-8-7-17-36(38)45-37(19-12-22-40(45)48)47-50-42(33-13-3-1-4-14-33)29-43(51-47)34-15-5-2-6-16-34/h1-29H. The highest BCUT2D eigenvalue weighted by Gasteiger charge is 2.52. The molecule has 1 atom stereocenters. The lowest BCUT2D eigenvalue weighted by Crippen LogP contribution is -2.32. The fourth-order valence-electron chi connectivity index (χ4n) is 8.19. The molecule has 0 amide bonds. The Kier molecular flexibility index (Phi) is 6.74. The van der Waals surface area contributed by atoms with Crippen molar-refractivity contribution in [2.24, 2.45) is 0 Å². The molecule has 0 radical (unpaired) electrons. The normalized spacial score (nSPS) is 14.8. The van der Waals surface area contributed by atoms with Crippen LogP contribution in [0.25, 0.3) is 56.2 Å². The van der Waals surface area contributed by atoms with Crippen molar-refractivity contribution in [3.63, 3.8) is 0 Å². The van der Waals surface area contributed by atoms with Crippen LogP contribution < -0.4 is 4.74 Å². The largest absolute Gasteiger partial charge is 0.456 e. The van der Waals surface area contributed by atoms with E-state index in [2.05, 4.69) is 115 Å². The Labute approximate surface area is 301 Å². The summed E-state index contributed by atoms with van der Waals surface area (Å²) < 4.78 is 6.89. The molecule has 4 nitrogen and oxygen atoms in total. The van der Waals surface area contributed by atoms with Crippen LogP contribution in [-0.2, 0) is 5.41 Å². The van der Waals surface area contributed by atoms with Crippen LogP contribution in [-0.4, -0.2) is 9.97 Å². The van der Waals surface area contributed by atoms with Crippen LogP contribution in [0.5, 0.6) is 11.5 Å². The number of fused-ring (bicyclic) bond motifs is 9. The van der Waals surface area contributed by atoms with E-state index >= 15 is 0 Å². The quantitative estimate of drug-likeness (QED) is 0.188. The second kappa shape index (κ2) is 11.8. The monoisotopic (exact) mass is 663 g/mol. The third-order valence-corrected chi connectivity index (χ3v) is 10.4. The molecule has 0 fully saturated rings. The third-order valence-electron chi connectivity index (χ3n) is 10.4. The van der Waals surface area contributed by atoms with E-state index in [9.17, 15) is 5.26 Å². The number of rotatable bonds is 4. The Hall–Kier alpha value is -7.09. The number of benzene rings is 7. The van der Waals surface area contributed by atoms with Gasteiger partial charge in [0.15, 0.2) is 5.82 Å². The molecule has 0 bridgehead atoms. The van der Waals surface area contributed by atoms with Crippen molar-refractivity contribution in [3.8, 4) is 73.7 Å². The molecule has 1 aliphatic carbocycles. The predicted molar refractivity (Wildman–Crippen MR) is 206 cm³/mol. The van der Waals surface area contributed by atoms with E-state index in [4.69, 9.17) is 14.7 Å². The van der Waals surface area contributed by atoms with Gasteiger partial charge in [-0.15, -0.1) is 0 Å². The molecule has 242 valence electrons. The summed E-state index contributed by atoms with van der Waals surface area (Å²) in [7, 11) is 0. The summed E-state index contributed by atoms with van der Waals surface area (Å²) in [5, 5.41) is 9.49. The van der Waals surface area contributed by atoms with Gasteiger partial charge in [-0.1, -0.05) is 152 Å². The van der Waals surface area contributed by atoms with Crippen molar-refractivity contribution in [1.29, 1.82) is 5.26 Å². The summed E-state index contributed by atoms with van der Waals surface area (Å²) >= 11 is 0. The van der Waals surface area contributed by atoms with Crippen molar-refractivity contribution in [2.45, 2.75) is 5.41 Å². The number of aromatic nitrogens is 2. The second-order valence-corrected chi connectivity index (χ2v) is 13.2. The minimum atomic E-state index is -0.673. The summed E-state index contributed by atoms with van der Waals surface area (Å²) in [4.78, 5) is 10.6. The Bertz CT molecular complexity index is 2660. The number of nitrogens with zero attached hydrogens (tertiary/aromatic N) is 3. The van der Waals surface area contributed by atoms with E-state index in [1.54, 1.807) is 0 Å². The van der Waals surface area contributed by atoms with E-state index in [-0.39, 0.29) is 0 Å². The molecule has 52 heavy (non-hydrogen) atoms. The van der Waals surface area contributed by atoms with Crippen LogP contribution >= 0.6 is 0 Å². The predicted octanol–water partition coefficient (Wildman–Crippen LogP) is 11.5. The van der Waals surface area contributed by atoms with Crippen LogP contribution in [0.4, 0.5) is 0 Å². The number of para-hydroxylation sites is 2. The van der Waals surface area contributed by atoms with Gasteiger partial charge in [0.25, 0.3) is 0 Å². The van der Waals surface area contributed by atoms with Gasteiger partial charge in [-0.3, -0.25) is 0 Å². The Morgan fingerprint density at radius 2 is 1.02 bits per heavy atom. The zero-order valence-electron chi connectivity index (χ0n) is 28.0. The highest BCUT2D eigenvalue weighted by atomic mass is 16.5. The average Bonchev–Trinajstić information content (AvgIpc) is 3.52. The molecule has 10 rings (SSSR count). The van der Waals surface area contributed by atoms with Crippen molar-refractivity contribution in [3.05, 3.63) is 204 Å². The molecule has 1 aliphatic heterocycles. The molecule has 0 saturated carbocycles. The van der Waals surface area contributed by atoms with Gasteiger partial charge >= 0.3 is 0 Å². The maximum Gasteiger partial charge on any atom is 0.161 e. The van der Waals surface area contributed by atoms with Crippen LogP contribution in [0.15, 0.2) is 176 Å². The lowest BCUT2D eigenvalue weighted by molar-refractivity contribution is 0.438. The van der Waals surface area contributed by atoms with Crippen LogP contribution in [0.2, 0.25) is 0 Å². The number of nitriles is 1. The molecule has 1 spiro atoms. The zero-order chi connectivity index (χ0) is 34.6. The molecule has 2 heterocycles. The summed E-state index contributed by atoms with van der Waals surface area (Å²) in [6.45, 7) is 0. The number of ether oxygens (including phenoxy) is 1. The van der Waals surface area contributed by atoms with Gasteiger partial charge < -0.3 is 4.74 Å². The number of hydrogen-bond donors (Lipinski definition) is 0. The van der Waals surface area contributed by atoms with Crippen LogP contribution in [0, 0.1) is 11.3 Å². The van der Waals surface area contributed by atoms with E-state index in [1.165, 1.54) is 5.56 Å². The molecule has 8 aromatic rings. The Balaban J connectivity index is 1.27. The van der Waals surface area contributed by atoms with E-state index in [0.29, 0.717) is 11.4 Å². The summed E-state index contributed by atoms with van der Waals surface area (Å²) in [5.74, 6) is 2.31. The Morgan fingerprint density at radius 3 is 1.71 bits per heavy atom. The molecular formula is C48H29N3O. The topological polar surface area (TPSA) is 58.8 Å². The van der Waals surface area contributed by atoms with Crippen molar-refractivity contribution >= 4 is 0 Å². The van der Waals surface area contributed by atoms with Gasteiger partial charge in [0, 0.05) is 33.4 Å². The maximum atomic E-state index is 9.49. The first-order valence-electron chi connectivity index (χ1n) is 17.4. The van der Waals surface area contributed by atoms with E-state index in [0.717, 1.165) is 78.5 Å². The molecule has 1 unspecified atom stereocenters. The van der Waals surface area contributed by atoms with Crippen LogP contribution in [0.3, 0.4) is 0 Å². The highest BCUT2D eigenvalue weighted by molar-refractivity contribution is 5.96. The third kappa shape index (κ3) is 4.40. The van der Waals surface area contributed by atoms with E-state index in [1.807, 2.05) is 66.7 Å². The molecule has 0 saturated heterocycles. The van der Waals surface area contributed by atoms with Gasteiger partial charge in [-0.25, -0.2) is 9.97 Å². The SMILES string of the molecule is N#Cc1ccc(-c2cccc3c2Oc2ccccc2C32c3ccccc3-c3c(-c4nc(-c5ccccc5)cc(-c5ccccc5)n4)cccc32)cc1. The maximum absolute atomic E-state index is 9.49. The smallest absolute Gasteiger partial charge is 0.161 e. The summed E-state index contributed by atoms with van der Waals surface area (Å²) in [6, 6.07) is 62.8. The minimum absolute atomic E-state index is 0.622. The molecule has 2 aliphatic rings. The first-order chi connectivity index (χ1) is 25.7. The van der Waals surface area contributed by atoms with E-state index < -0.39 is 5.41 Å².